The van der Waals surface area contributed by atoms with Crippen LogP contribution in [0.15, 0.2) is 36.4 Å². The van der Waals surface area contributed by atoms with Crippen LogP contribution in [0.1, 0.15) is 32.1 Å². The average Bonchev–Trinajstić information content (AvgIpc) is 2.64. The molecule has 0 spiro atoms. The molecular formula is C20H26N2O. The lowest BCUT2D eigenvalue weighted by Gasteiger charge is -2.31. The second kappa shape index (κ2) is 6.79. The van der Waals surface area contributed by atoms with Gasteiger partial charge in [0.05, 0.1) is 0 Å². The van der Waals surface area contributed by atoms with Gasteiger partial charge in [-0.15, -0.1) is 0 Å². The predicted molar refractivity (Wildman–Crippen MR) is 96.5 cm³/mol. The second-order valence-electron chi connectivity index (χ2n) is 6.74. The van der Waals surface area contributed by atoms with Crippen molar-refractivity contribution in [2.24, 2.45) is 0 Å². The first-order valence-corrected chi connectivity index (χ1v) is 9.06. The highest BCUT2D eigenvalue weighted by Crippen LogP contribution is 2.35. The van der Waals surface area contributed by atoms with Gasteiger partial charge < -0.3 is 15.0 Å². The lowest BCUT2D eigenvalue weighted by Crippen LogP contribution is -2.34. The molecule has 0 amide bonds. The van der Waals surface area contributed by atoms with E-state index in [-0.39, 0.29) is 0 Å². The molecular weight excluding hydrogens is 284 g/mol. The maximum atomic E-state index is 6.35. The van der Waals surface area contributed by atoms with Crippen molar-refractivity contribution in [3.63, 3.8) is 0 Å². The Morgan fingerprint density at radius 3 is 2.39 bits per heavy atom. The van der Waals surface area contributed by atoms with Crippen LogP contribution in [0.5, 0.6) is 5.75 Å². The minimum absolute atomic E-state index is 0.348. The number of hydrogen-bond acceptors (Lipinski definition) is 3. The predicted octanol–water partition coefficient (Wildman–Crippen LogP) is 3.96. The number of nitrogens with zero attached hydrogens (tertiary/aromatic N) is 1. The molecule has 2 aliphatic heterocycles. The summed E-state index contributed by atoms with van der Waals surface area (Å²) in [6, 6.07) is 13.2. The van der Waals surface area contributed by atoms with E-state index in [0.29, 0.717) is 6.10 Å². The first-order chi connectivity index (χ1) is 11.4. The first kappa shape index (κ1) is 14.8. The molecule has 3 heteroatoms. The molecule has 2 saturated heterocycles. The molecule has 2 aliphatic rings. The molecule has 3 nitrogen and oxygen atoms in total. The van der Waals surface area contributed by atoms with Gasteiger partial charge in [-0.1, -0.05) is 24.3 Å². The van der Waals surface area contributed by atoms with Gasteiger partial charge in [-0.05, 0) is 57.3 Å². The van der Waals surface area contributed by atoms with Crippen molar-refractivity contribution in [3.8, 4) is 5.75 Å². The molecule has 2 heterocycles. The van der Waals surface area contributed by atoms with Crippen molar-refractivity contribution in [2.75, 3.05) is 31.1 Å². The molecule has 0 atom stereocenters. The molecule has 0 saturated carbocycles. The number of nitrogens with one attached hydrogen (secondary N) is 1. The lowest BCUT2D eigenvalue weighted by atomic mass is 10.0. The Labute approximate surface area is 138 Å². The standard InChI is InChI=1S/C20H26N2O/c1-4-14-22(15-5-1)19-8-9-20(18-7-3-2-6-17(18)19)23-16-10-12-21-13-11-16/h2-3,6-9,16,21H,1,4-5,10-15H2. The summed E-state index contributed by atoms with van der Waals surface area (Å²) in [5.74, 6) is 1.05. The third kappa shape index (κ3) is 3.16. The molecule has 2 fully saturated rings. The van der Waals surface area contributed by atoms with Crippen LogP contribution in [0.25, 0.3) is 10.8 Å². The lowest BCUT2D eigenvalue weighted by molar-refractivity contribution is 0.164. The molecule has 2 aromatic rings. The fraction of sp³-hybridized carbons (Fsp3) is 0.500. The topological polar surface area (TPSA) is 24.5 Å². The van der Waals surface area contributed by atoms with Crippen LogP contribution in [0.4, 0.5) is 5.69 Å². The monoisotopic (exact) mass is 310 g/mol. The van der Waals surface area contributed by atoms with Gasteiger partial charge in [0.1, 0.15) is 11.9 Å². The zero-order valence-corrected chi connectivity index (χ0v) is 13.8. The third-order valence-electron chi connectivity index (χ3n) is 5.14. The number of ether oxygens (including phenoxy) is 1. The van der Waals surface area contributed by atoms with Crippen molar-refractivity contribution in [1.29, 1.82) is 0 Å². The van der Waals surface area contributed by atoms with E-state index in [1.807, 2.05) is 0 Å². The minimum atomic E-state index is 0.348. The number of anilines is 1. The summed E-state index contributed by atoms with van der Waals surface area (Å²) in [5.41, 5.74) is 1.37. The number of fused-ring (bicyclic) bond motifs is 1. The third-order valence-corrected chi connectivity index (χ3v) is 5.14. The van der Waals surface area contributed by atoms with Gasteiger partial charge in [0.2, 0.25) is 0 Å². The summed E-state index contributed by atoms with van der Waals surface area (Å²) in [6.07, 6.45) is 6.53. The van der Waals surface area contributed by atoms with E-state index in [0.717, 1.165) is 31.7 Å². The van der Waals surface area contributed by atoms with Crippen LogP contribution >= 0.6 is 0 Å². The Balaban J connectivity index is 1.67. The van der Waals surface area contributed by atoms with Crippen molar-refractivity contribution < 1.29 is 4.74 Å². The second-order valence-corrected chi connectivity index (χ2v) is 6.74. The Kier molecular flexibility index (Phi) is 4.38. The van der Waals surface area contributed by atoms with E-state index in [9.17, 15) is 0 Å². The zero-order valence-electron chi connectivity index (χ0n) is 13.8. The Hall–Kier alpha value is -1.74. The van der Waals surface area contributed by atoms with E-state index in [4.69, 9.17) is 4.74 Å². The summed E-state index contributed by atoms with van der Waals surface area (Å²) < 4.78 is 6.35. The van der Waals surface area contributed by atoms with Crippen LogP contribution in [0.3, 0.4) is 0 Å². The minimum Gasteiger partial charge on any atom is -0.490 e. The van der Waals surface area contributed by atoms with Crippen molar-refractivity contribution in [2.45, 2.75) is 38.2 Å². The van der Waals surface area contributed by atoms with Gasteiger partial charge in [0.15, 0.2) is 0 Å². The highest BCUT2D eigenvalue weighted by molar-refractivity contribution is 5.98. The first-order valence-electron chi connectivity index (χ1n) is 9.06. The van der Waals surface area contributed by atoms with Gasteiger partial charge in [0, 0.05) is 29.5 Å². The van der Waals surface area contributed by atoms with Crippen LogP contribution in [-0.4, -0.2) is 32.3 Å². The molecule has 122 valence electrons. The van der Waals surface area contributed by atoms with Crippen LogP contribution < -0.4 is 15.0 Å². The van der Waals surface area contributed by atoms with Crippen LogP contribution in [-0.2, 0) is 0 Å². The summed E-state index contributed by atoms with van der Waals surface area (Å²) >= 11 is 0. The maximum Gasteiger partial charge on any atom is 0.127 e. The van der Waals surface area contributed by atoms with E-state index in [2.05, 4.69) is 46.6 Å². The summed E-state index contributed by atoms with van der Waals surface area (Å²) in [7, 11) is 0. The maximum absolute atomic E-state index is 6.35. The Bertz CT molecular complexity index is 658. The SMILES string of the molecule is c1ccc2c(N3CCCCC3)ccc(OC3CCNCC3)c2c1. The van der Waals surface area contributed by atoms with Crippen LogP contribution in [0, 0.1) is 0 Å². The molecule has 0 unspecified atom stereocenters. The number of piperidine rings is 2. The quantitative estimate of drug-likeness (QED) is 0.928. The fourth-order valence-corrected chi connectivity index (χ4v) is 3.86. The van der Waals surface area contributed by atoms with Crippen molar-refractivity contribution >= 4 is 16.5 Å². The number of hydrogen-bond donors (Lipinski definition) is 1. The molecule has 0 radical (unpaired) electrons. The van der Waals surface area contributed by atoms with E-state index >= 15 is 0 Å². The summed E-state index contributed by atoms with van der Waals surface area (Å²) in [5, 5.41) is 6.00. The molecule has 2 aromatic carbocycles. The average molecular weight is 310 g/mol. The van der Waals surface area contributed by atoms with Gasteiger partial charge in [-0.25, -0.2) is 0 Å². The van der Waals surface area contributed by atoms with Gasteiger partial charge in [-0.3, -0.25) is 0 Å². The molecule has 0 aromatic heterocycles. The summed E-state index contributed by atoms with van der Waals surface area (Å²) in [6.45, 7) is 4.49. The molecule has 4 rings (SSSR count). The smallest absolute Gasteiger partial charge is 0.127 e. The van der Waals surface area contributed by atoms with Gasteiger partial charge in [0.25, 0.3) is 0 Å². The molecule has 23 heavy (non-hydrogen) atoms. The Morgan fingerprint density at radius 2 is 1.61 bits per heavy atom. The highest BCUT2D eigenvalue weighted by atomic mass is 16.5. The van der Waals surface area contributed by atoms with Gasteiger partial charge in [-0.2, -0.15) is 0 Å². The fourth-order valence-electron chi connectivity index (χ4n) is 3.86. The zero-order chi connectivity index (χ0) is 15.5. The molecule has 0 aliphatic carbocycles. The highest BCUT2D eigenvalue weighted by Gasteiger charge is 2.18. The largest absolute Gasteiger partial charge is 0.490 e. The normalized spacial score (nSPS) is 19.9. The molecule has 1 N–H and O–H groups in total. The number of benzene rings is 2. The number of rotatable bonds is 3. The van der Waals surface area contributed by atoms with E-state index in [1.165, 1.54) is 48.8 Å². The van der Waals surface area contributed by atoms with Crippen molar-refractivity contribution in [3.05, 3.63) is 36.4 Å². The molecule has 0 bridgehead atoms. The van der Waals surface area contributed by atoms with E-state index in [1.54, 1.807) is 0 Å². The summed E-state index contributed by atoms with van der Waals surface area (Å²) in [4.78, 5) is 2.54. The van der Waals surface area contributed by atoms with Crippen LogP contribution in [0.2, 0.25) is 0 Å². The van der Waals surface area contributed by atoms with E-state index < -0.39 is 0 Å². The van der Waals surface area contributed by atoms with Crippen molar-refractivity contribution in [1.82, 2.24) is 5.32 Å². The Morgan fingerprint density at radius 1 is 0.870 bits per heavy atom. The van der Waals surface area contributed by atoms with Gasteiger partial charge >= 0.3 is 0 Å².